The van der Waals surface area contributed by atoms with Gasteiger partial charge < -0.3 is 14.2 Å². The standard InChI is InChI=1S/C27H22O5/c1-30-20-13-11-19(12-14-20)21-15-16-23(25(28)31-17-18-7-3-2-4-8-18)27(21)22-9-5-6-10-24(22)32-26(27)29/h2-14,16,21H,15,17H2,1H3. The van der Waals surface area contributed by atoms with Crippen molar-refractivity contribution in [3.8, 4) is 11.5 Å². The molecule has 1 heterocycles. The lowest BCUT2D eigenvalue weighted by Gasteiger charge is -2.31. The molecule has 0 saturated heterocycles. The Hall–Kier alpha value is -3.86. The van der Waals surface area contributed by atoms with Gasteiger partial charge in [0.2, 0.25) is 0 Å². The first-order chi connectivity index (χ1) is 15.6. The second-order valence-corrected chi connectivity index (χ2v) is 7.93. The predicted molar refractivity (Wildman–Crippen MR) is 118 cm³/mol. The number of para-hydroxylation sites is 1. The number of fused-ring (bicyclic) bond motifs is 2. The number of rotatable bonds is 5. The Balaban J connectivity index is 1.55. The lowest BCUT2D eigenvalue weighted by Crippen LogP contribution is -2.41. The van der Waals surface area contributed by atoms with Gasteiger partial charge in [-0.1, -0.05) is 66.7 Å². The smallest absolute Gasteiger partial charge is 0.335 e. The van der Waals surface area contributed by atoms with Crippen LogP contribution in [0.5, 0.6) is 11.5 Å². The van der Waals surface area contributed by atoms with Crippen molar-refractivity contribution in [2.45, 2.75) is 24.4 Å². The van der Waals surface area contributed by atoms with E-state index in [0.29, 0.717) is 23.3 Å². The van der Waals surface area contributed by atoms with Crippen LogP contribution in [0, 0.1) is 0 Å². The molecule has 0 radical (unpaired) electrons. The number of esters is 2. The van der Waals surface area contributed by atoms with Gasteiger partial charge in [0.1, 0.15) is 23.5 Å². The van der Waals surface area contributed by atoms with Crippen LogP contribution in [0.1, 0.15) is 29.0 Å². The Kier molecular flexibility index (Phi) is 5.02. The summed E-state index contributed by atoms with van der Waals surface area (Å²) in [6, 6.07) is 24.4. The molecule has 0 fully saturated rings. The molecule has 2 unspecified atom stereocenters. The molecular weight excluding hydrogens is 404 g/mol. The normalized spacial score (nSPS) is 21.1. The van der Waals surface area contributed by atoms with Crippen LogP contribution in [0.3, 0.4) is 0 Å². The van der Waals surface area contributed by atoms with E-state index < -0.39 is 17.4 Å². The Morgan fingerprint density at radius 3 is 2.47 bits per heavy atom. The Labute approximate surface area is 186 Å². The summed E-state index contributed by atoms with van der Waals surface area (Å²) in [4.78, 5) is 26.7. The number of benzene rings is 3. The third-order valence-electron chi connectivity index (χ3n) is 6.29. The molecule has 160 valence electrons. The van der Waals surface area contributed by atoms with Crippen LogP contribution >= 0.6 is 0 Å². The van der Waals surface area contributed by atoms with Crippen LogP contribution in [-0.4, -0.2) is 19.0 Å². The highest BCUT2D eigenvalue weighted by Gasteiger charge is 2.61. The number of carbonyl (C=O) groups is 2. The van der Waals surface area contributed by atoms with E-state index in [-0.39, 0.29) is 12.5 Å². The van der Waals surface area contributed by atoms with Crippen molar-refractivity contribution in [2.75, 3.05) is 7.11 Å². The molecule has 2 aliphatic rings. The molecule has 5 rings (SSSR count). The van der Waals surface area contributed by atoms with Gasteiger partial charge in [0.25, 0.3) is 0 Å². The highest BCUT2D eigenvalue weighted by atomic mass is 16.5. The number of carbonyl (C=O) groups excluding carboxylic acids is 2. The van der Waals surface area contributed by atoms with Gasteiger partial charge >= 0.3 is 11.9 Å². The maximum atomic E-state index is 13.5. The molecule has 0 aromatic heterocycles. The summed E-state index contributed by atoms with van der Waals surface area (Å²) in [5, 5.41) is 0. The number of methoxy groups -OCH3 is 1. The summed E-state index contributed by atoms with van der Waals surface area (Å²) in [5.74, 6) is -0.0207. The zero-order chi connectivity index (χ0) is 22.1. The average molecular weight is 426 g/mol. The van der Waals surface area contributed by atoms with Crippen LogP contribution in [0.25, 0.3) is 0 Å². The van der Waals surface area contributed by atoms with E-state index in [9.17, 15) is 9.59 Å². The minimum absolute atomic E-state index is 0.136. The molecule has 0 N–H and O–H groups in total. The zero-order valence-electron chi connectivity index (χ0n) is 17.6. The minimum Gasteiger partial charge on any atom is -0.497 e. The molecule has 0 bridgehead atoms. The van der Waals surface area contributed by atoms with Crippen molar-refractivity contribution in [1.29, 1.82) is 0 Å². The number of hydrogen-bond donors (Lipinski definition) is 0. The molecule has 3 aromatic carbocycles. The molecule has 5 nitrogen and oxygen atoms in total. The van der Waals surface area contributed by atoms with E-state index >= 15 is 0 Å². The minimum atomic E-state index is -1.24. The third-order valence-corrected chi connectivity index (χ3v) is 6.29. The lowest BCUT2D eigenvalue weighted by atomic mass is 9.67. The monoisotopic (exact) mass is 426 g/mol. The molecule has 0 amide bonds. The van der Waals surface area contributed by atoms with Gasteiger partial charge in [-0.3, -0.25) is 4.79 Å². The molecular formula is C27H22O5. The predicted octanol–water partition coefficient (Wildman–Crippen LogP) is 4.71. The average Bonchev–Trinajstić information content (AvgIpc) is 3.38. The van der Waals surface area contributed by atoms with Crippen molar-refractivity contribution >= 4 is 11.9 Å². The fourth-order valence-corrected chi connectivity index (χ4v) is 4.79. The lowest BCUT2D eigenvalue weighted by molar-refractivity contribution is -0.145. The van der Waals surface area contributed by atoms with Gasteiger partial charge in [-0.05, 0) is 35.7 Å². The molecule has 5 heteroatoms. The number of ether oxygens (including phenoxy) is 3. The van der Waals surface area contributed by atoms with Gasteiger partial charge in [0.15, 0.2) is 0 Å². The van der Waals surface area contributed by atoms with Gasteiger partial charge in [-0.15, -0.1) is 0 Å². The van der Waals surface area contributed by atoms with Gasteiger partial charge in [0.05, 0.1) is 12.7 Å². The summed E-state index contributed by atoms with van der Waals surface area (Å²) in [5.41, 5.74) is 1.62. The molecule has 32 heavy (non-hydrogen) atoms. The number of hydrogen-bond acceptors (Lipinski definition) is 5. The van der Waals surface area contributed by atoms with Gasteiger partial charge in [-0.25, -0.2) is 4.79 Å². The van der Waals surface area contributed by atoms with Crippen LogP contribution < -0.4 is 9.47 Å². The zero-order valence-corrected chi connectivity index (χ0v) is 17.6. The van der Waals surface area contributed by atoms with Crippen molar-refractivity contribution < 1.29 is 23.8 Å². The summed E-state index contributed by atoms with van der Waals surface area (Å²) in [6.45, 7) is 0.136. The van der Waals surface area contributed by atoms with Crippen molar-refractivity contribution in [1.82, 2.24) is 0 Å². The third kappa shape index (κ3) is 3.09. The van der Waals surface area contributed by atoms with Crippen LogP contribution in [0.15, 0.2) is 90.5 Å². The van der Waals surface area contributed by atoms with E-state index in [2.05, 4.69) is 0 Å². The van der Waals surface area contributed by atoms with Crippen LogP contribution in [0.2, 0.25) is 0 Å². The molecule has 1 spiro atoms. The highest BCUT2D eigenvalue weighted by molar-refractivity contribution is 6.07. The quantitative estimate of drug-likeness (QED) is 0.437. The first kappa shape index (κ1) is 20.1. The maximum Gasteiger partial charge on any atom is 0.335 e. The van der Waals surface area contributed by atoms with E-state index in [1.165, 1.54) is 0 Å². The second-order valence-electron chi connectivity index (χ2n) is 7.93. The van der Waals surface area contributed by atoms with Gasteiger partial charge in [-0.2, -0.15) is 0 Å². The summed E-state index contributed by atoms with van der Waals surface area (Å²) >= 11 is 0. The SMILES string of the molecule is COc1ccc(C2CC=C(C(=O)OCc3ccccc3)C23C(=O)Oc2ccccc23)cc1. The summed E-state index contributed by atoms with van der Waals surface area (Å²) < 4.78 is 16.6. The van der Waals surface area contributed by atoms with Crippen LogP contribution in [-0.2, 0) is 26.3 Å². The highest BCUT2D eigenvalue weighted by Crippen LogP contribution is 2.57. The van der Waals surface area contributed by atoms with Crippen molar-refractivity contribution in [3.63, 3.8) is 0 Å². The molecule has 1 aliphatic carbocycles. The molecule has 1 aliphatic heterocycles. The Morgan fingerprint density at radius 1 is 1.00 bits per heavy atom. The molecule has 3 aromatic rings. The molecule has 0 saturated carbocycles. The van der Waals surface area contributed by atoms with Gasteiger partial charge in [0, 0.05) is 11.5 Å². The topological polar surface area (TPSA) is 61.8 Å². The van der Waals surface area contributed by atoms with Crippen molar-refractivity contribution in [2.24, 2.45) is 0 Å². The number of allylic oxidation sites excluding steroid dienone is 1. The summed E-state index contributed by atoms with van der Waals surface area (Å²) in [7, 11) is 1.61. The first-order valence-corrected chi connectivity index (χ1v) is 10.5. The van der Waals surface area contributed by atoms with E-state index in [1.807, 2.05) is 78.9 Å². The Morgan fingerprint density at radius 2 is 1.72 bits per heavy atom. The fourth-order valence-electron chi connectivity index (χ4n) is 4.79. The fraction of sp³-hybridized carbons (Fsp3) is 0.185. The maximum absolute atomic E-state index is 13.5. The van der Waals surface area contributed by atoms with Crippen LogP contribution in [0.4, 0.5) is 0 Å². The van der Waals surface area contributed by atoms with E-state index in [4.69, 9.17) is 14.2 Å². The molecule has 2 atom stereocenters. The Bertz CT molecular complexity index is 1200. The summed E-state index contributed by atoms with van der Waals surface area (Å²) in [6.07, 6.45) is 2.34. The van der Waals surface area contributed by atoms with Crippen molar-refractivity contribution in [3.05, 3.63) is 107 Å². The first-order valence-electron chi connectivity index (χ1n) is 10.5. The van der Waals surface area contributed by atoms with E-state index in [0.717, 1.165) is 16.9 Å². The second kappa shape index (κ2) is 8.00. The van der Waals surface area contributed by atoms with E-state index in [1.54, 1.807) is 13.2 Å². The largest absolute Gasteiger partial charge is 0.497 e.